The van der Waals surface area contributed by atoms with E-state index < -0.39 is 0 Å². The van der Waals surface area contributed by atoms with Crippen LogP contribution < -0.4 is 4.90 Å². The molecule has 1 aromatic carbocycles. The van der Waals surface area contributed by atoms with Gasteiger partial charge in [0, 0.05) is 37.5 Å². The highest BCUT2D eigenvalue weighted by molar-refractivity contribution is 6.05. The van der Waals surface area contributed by atoms with Gasteiger partial charge in [0.15, 0.2) is 5.82 Å². The topological polar surface area (TPSA) is 72.5 Å². The summed E-state index contributed by atoms with van der Waals surface area (Å²) in [4.78, 5) is 33.5. The summed E-state index contributed by atoms with van der Waals surface area (Å²) in [6.07, 6.45) is 10.2. The molecular formula is C27H33N5O2. The number of aromatic nitrogens is 2. The summed E-state index contributed by atoms with van der Waals surface area (Å²) in [6, 6.07) is 8.80. The van der Waals surface area contributed by atoms with Gasteiger partial charge >= 0.3 is 0 Å². The second-order valence-corrected chi connectivity index (χ2v) is 11.0. The van der Waals surface area contributed by atoms with E-state index in [0.717, 1.165) is 36.8 Å². The van der Waals surface area contributed by atoms with E-state index in [0.29, 0.717) is 30.2 Å². The maximum atomic E-state index is 13.9. The molecule has 0 saturated carbocycles. The monoisotopic (exact) mass is 459 g/mol. The van der Waals surface area contributed by atoms with Crippen molar-refractivity contribution >= 4 is 28.5 Å². The molecule has 1 aromatic heterocycles. The summed E-state index contributed by atoms with van der Waals surface area (Å²) in [5, 5.41) is 8.38. The van der Waals surface area contributed by atoms with Crippen LogP contribution >= 0.6 is 0 Å². The molecule has 5 heterocycles. The van der Waals surface area contributed by atoms with Crippen LogP contribution in [0.3, 0.4) is 0 Å². The maximum Gasteiger partial charge on any atom is 0.229 e. The lowest BCUT2D eigenvalue weighted by Gasteiger charge is -2.55. The number of aromatic amines is 1. The molecule has 7 heteroatoms. The molecule has 4 saturated heterocycles. The van der Waals surface area contributed by atoms with Crippen molar-refractivity contribution in [3.05, 3.63) is 35.9 Å². The predicted octanol–water partition coefficient (Wildman–Crippen LogP) is 3.34. The fraction of sp³-hybridized carbons (Fsp3) is 0.593. The number of carbonyl (C=O) groups is 2. The summed E-state index contributed by atoms with van der Waals surface area (Å²) >= 11 is 0. The second kappa shape index (κ2) is 7.94. The SMILES string of the molecule is O=C1C[C@H](C(=O)N2CCCC3=C[C@H]4C[C@H](CN5CCCC[C@H]45)[C@H]32)CN1c1n[nH]c2ccccc12. The van der Waals surface area contributed by atoms with Gasteiger partial charge in [0.1, 0.15) is 0 Å². The third kappa shape index (κ3) is 3.16. The van der Waals surface area contributed by atoms with Gasteiger partial charge in [0.25, 0.3) is 0 Å². The average Bonchev–Trinajstić information content (AvgIpc) is 3.46. The number of hydrogen-bond donors (Lipinski definition) is 1. The van der Waals surface area contributed by atoms with Gasteiger partial charge < -0.3 is 4.90 Å². The van der Waals surface area contributed by atoms with Gasteiger partial charge in [-0.15, -0.1) is 0 Å². The van der Waals surface area contributed by atoms with Crippen LogP contribution in [0, 0.1) is 17.8 Å². The molecule has 0 unspecified atom stereocenters. The number of piperidine rings is 3. The minimum Gasteiger partial charge on any atom is -0.335 e. The Morgan fingerprint density at radius 2 is 2.00 bits per heavy atom. The minimum absolute atomic E-state index is 0.000844. The van der Waals surface area contributed by atoms with E-state index >= 15 is 0 Å². The standard InChI is InChI=1S/C27H33N5O2/c33-24-14-20(16-32(24)26-21-7-1-2-8-22(21)28-29-26)27(34)31-11-5-6-17-12-18-13-19(25(17)31)15-30-10-4-3-9-23(18)30/h1-2,7-8,12,18-20,23,25H,3-6,9-11,13-16H2,(H,28,29)/t18-,19+,20-,23+,25-/m0/s1. The molecule has 2 bridgehead atoms. The van der Waals surface area contributed by atoms with Crippen LogP contribution in [0.1, 0.15) is 44.9 Å². The van der Waals surface area contributed by atoms with Crippen LogP contribution in [0.25, 0.3) is 10.9 Å². The number of rotatable bonds is 2. The molecule has 34 heavy (non-hydrogen) atoms. The summed E-state index contributed by atoms with van der Waals surface area (Å²) in [5.41, 5.74) is 2.42. The first kappa shape index (κ1) is 20.7. The van der Waals surface area contributed by atoms with Crippen LogP contribution in [0.4, 0.5) is 5.82 Å². The molecule has 178 valence electrons. The first-order valence-corrected chi connectivity index (χ1v) is 13.2. The fourth-order valence-corrected chi connectivity index (χ4v) is 7.69. The Morgan fingerprint density at radius 3 is 2.94 bits per heavy atom. The smallest absolute Gasteiger partial charge is 0.229 e. The quantitative estimate of drug-likeness (QED) is 0.700. The van der Waals surface area contributed by atoms with E-state index in [1.807, 2.05) is 24.3 Å². The van der Waals surface area contributed by atoms with Crippen LogP contribution in [0.2, 0.25) is 0 Å². The highest BCUT2D eigenvalue weighted by Crippen LogP contribution is 2.45. The fourth-order valence-electron chi connectivity index (χ4n) is 7.69. The van der Waals surface area contributed by atoms with Gasteiger partial charge in [-0.05, 0) is 62.6 Å². The molecule has 1 N–H and O–H groups in total. The molecule has 4 aliphatic heterocycles. The Hall–Kier alpha value is -2.67. The largest absolute Gasteiger partial charge is 0.335 e. The third-order valence-electron chi connectivity index (χ3n) is 9.12. The Kier molecular flexibility index (Phi) is 4.83. The number of anilines is 1. The third-order valence-corrected chi connectivity index (χ3v) is 9.12. The zero-order valence-electron chi connectivity index (χ0n) is 19.7. The first-order valence-electron chi connectivity index (χ1n) is 13.2. The van der Waals surface area contributed by atoms with E-state index in [1.165, 1.54) is 37.8 Å². The van der Waals surface area contributed by atoms with Gasteiger partial charge in [-0.2, -0.15) is 5.10 Å². The number of fused-ring (bicyclic) bond motifs is 7. The van der Waals surface area contributed by atoms with Gasteiger partial charge in [0.05, 0.1) is 17.5 Å². The van der Waals surface area contributed by atoms with Crippen LogP contribution in [0.15, 0.2) is 35.9 Å². The van der Waals surface area contributed by atoms with E-state index in [-0.39, 0.29) is 30.2 Å². The van der Waals surface area contributed by atoms with Crippen molar-refractivity contribution in [3.63, 3.8) is 0 Å². The molecule has 5 atom stereocenters. The molecule has 4 fully saturated rings. The van der Waals surface area contributed by atoms with Crippen LogP contribution in [-0.4, -0.2) is 70.1 Å². The van der Waals surface area contributed by atoms with Crippen molar-refractivity contribution in [1.29, 1.82) is 0 Å². The molecule has 2 amide bonds. The van der Waals surface area contributed by atoms with Crippen molar-refractivity contribution in [3.8, 4) is 0 Å². The zero-order chi connectivity index (χ0) is 22.8. The number of para-hydroxylation sites is 1. The van der Waals surface area contributed by atoms with E-state index in [1.54, 1.807) is 4.90 Å². The summed E-state index contributed by atoms with van der Waals surface area (Å²) < 4.78 is 0. The number of amides is 2. The van der Waals surface area contributed by atoms with Gasteiger partial charge in [-0.25, -0.2) is 0 Å². The molecule has 7 nitrogen and oxygen atoms in total. The Balaban J connectivity index is 1.14. The van der Waals surface area contributed by atoms with Crippen molar-refractivity contribution < 1.29 is 9.59 Å². The highest BCUT2D eigenvalue weighted by atomic mass is 16.2. The van der Waals surface area contributed by atoms with Gasteiger partial charge in [0.2, 0.25) is 11.8 Å². The van der Waals surface area contributed by atoms with Gasteiger partial charge in [-0.3, -0.25) is 24.5 Å². The first-order chi connectivity index (χ1) is 16.7. The lowest BCUT2D eigenvalue weighted by Crippen LogP contribution is -2.60. The number of hydrogen-bond acceptors (Lipinski definition) is 4. The molecular weight excluding hydrogens is 426 g/mol. The van der Waals surface area contributed by atoms with E-state index in [9.17, 15) is 9.59 Å². The molecule has 2 aromatic rings. The van der Waals surface area contributed by atoms with Crippen molar-refractivity contribution in [2.45, 2.75) is 57.0 Å². The molecule has 5 aliphatic rings. The van der Waals surface area contributed by atoms with Crippen molar-refractivity contribution in [2.75, 3.05) is 31.1 Å². The van der Waals surface area contributed by atoms with E-state index in [2.05, 4.69) is 26.1 Å². The zero-order valence-corrected chi connectivity index (χ0v) is 19.7. The Bertz CT molecular complexity index is 1170. The average molecular weight is 460 g/mol. The van der Waals surface area contributed by atoms with E-state index in [4.69, 9.17) is 0 Å². The number of nitrogens with zero attached hydrogens (tertiary/aromatic N) is 4. The molecule has 0 radical (unpaired) electrons. The van der Waals surface area contributed by atoms with Crippen LogP contribution in [0.5, 0.6) is 0 Å². The summed E-state index contributed by atoms with van der Waals surface area (Å²) in [6.45, 7) is 3.59. The number of nitrogens with one attached hydrogen (secondary N) is 1. The number of H-pyrrole nitrogens is 1. The molecule has 0 spiro atoms. The molecule has 7 rings (SSSR count). The predicted molar refractivity (Wildman–Crippen MR) is 130 cm³/mol. The highest BCUT2D eigenvalue weighted by Gasteiger charge is 2.48. The van der Waals surface area contributed by atoms with Crippen molar-refractivity contribution in [1.82, 2.24) is 20.0 Å². The number of benzene rings is 1. The molecule has 1 aliphatic carbocycles. The Morgan fingerprint density at radius 1 is 1.09 bits per heavy atom. The summed E-state index contributed by atoms with van der Waals surface area (Å²) in [5.74, 6) is 1.74. The van der Waals surface area contributed by atoms with Gasteiger partial charge in [-0.1, -0.05) is 30.2 Å². The number of carbonyl (C=O) groups excluding carboxylic acids is 2. The maximum absolute atomic E-state index is 13.9. The van der Waals surface area contributed by atoms with Crippen molar-refractivity contribution in [2.24, 2.45) is 17.8 Å². The van der Waals surface area contributed by atoms with Crippen LogP contribution in [-0.2, 0) is 9.59 Å². The normalized spacial score (nSPS) is 33.6. The lowest BCUT2D eigenvalue weighted by atomic mass is 9.68. The number of likely N-dealkylation sites (tertiary alicyclic amines) is 1. The minimum atomic E-state index is -0.286. The Labute approximate surface area is 200 Å². The lowest BCUT2D eigenvalue weighted by molar-refractivity contribution is -0.140. The second-order valence-electron chi connectivity index (χ2n) is 11.0. The summed E-state index contributed by atoms with van der Waals surface area (Å²) in [7, 11) is 0.